The molecule has 0 saturated carbocycles. The van der Waals surface area contributed by atoms with Crippen LogP contribution in [0.1, 0.15) is 25.8 Å². The van der Waals surface area contributed by atoms with E-state index in [0.29, 0.717) is 28.2 Å². The number of nitro groups is 1. The molecule has 11 heteroatoms. The van der Waals surface area contributed by atoms with Crippen LogP contribution in [0.25, 0.3) is 0 Å². The third kappa shape index (κ3) is 5.55. The standard InChI is InChI=1S/C21H23N5O5S/c1-13(31-18-10-6-9-17(12-18)30-4)19-23-24-21(25(19)3)32-14(2)20(27)22-15-7-5-8-16(11-15)26(28)29/h5-14H,1-4H3,(H,22,27). The maximum absolute atomic E-state index is 12.6. The van der Waals surface area contributed by atoms with Crippen LogP contribution in [0.15, 0.2) is 53.7 Å². The number of hydrogen-bond acceptors (Lipinski definition) is 8. The topological polar surface area (TPSA) is 121 Å². The normalized spacial score (nSPS) is 12.6. The number of amides is 1. The van der Waals surface area contributed by atoms with Crippen LogP contribution in [0.5, 0.6) is 11.5 Å². The third-order valence-corrected chi connectivity index (χ3v) is 5.70. The Labute approximate surface area is 189 Å². The van der Waals surface area contributed by atoms with Crippen LogP contribution in [0.4, 0.5) is 11.4 Å². The number of methoxy groups -OCH3 is 1. The Morgan fingerprint density at radius 2 is 1.88 bits per heavy atom. The SMILES string of the molecule is COc1cccc(OC(C)c2nnc(SC(C)C(=O)Nc3cccc([N+](=O)[O-])c3)n2C)c1. The second-order valence-corrected chi connectivity index (χ2v) is 8.20. The molecule has 0 bridgehead atoms. The highest BCUT2D eigenvalue weighted by Crippen LogP contribution is 2.28. The van der Waals surface area contributed by atoms with Crippen LogP contribution in [-0.4, -0.2) is 38.0 Å². The monoisotopic (exact) mass is 457 g/mol. The molecule has 0 radical (unpaired) electrons. The second kappa shape index (κ2) is 10.1. The molecule has 0 spiro atoms. The van der Waals surface area contributed by atoms with Crippen molar-refractivity contribution in [3.63, 3.8) is 0 Å². The number of nitrogens with zero attached hydrogens (tertiary/aromatic N) is 4. The van der Waals surface area contributed by atoms with Crippen molar-refractivity contribution >= 4 is 29.0 Å². The van der Waals surface area contributed by atoms with E-state index in [0.717, 1.165) is 0 Å². The average Bonchev–Trinajstić information content (AvgIpc) is 3.14. The number of nitro benzene ring substituents is 1. The minimum atomic E-state index is -0.514. The van der Waals surface area contributed by atoms with Gasteiger partial charge < -0.3 is 19.4 Å². The summed E-state index contributed by atoms with van der Waals surface area (Å²) in [5, 5.41) is 22.0. The fourth-order valence-electron chi connectivity index (χ4n) is 2.87. The molecule has 1 amide bonds. The lowest BCUT2D eigenvalue weighted by atomic mass is 10.2. The molecular weight excluding hydrogens is 434 g/mol. The highest BCUT2D eigenvalue weighted by Gasteiger charge is 2.22. The molecular formula is C21H23N5O5S. The molecule has 2 atom stereocenters. The van der Waals surface area contributed by atoms with Crippen molar-refractivity contribution in [2.24, 2.45) is 7.05 Å². The first-order valence-corrected chi connectivity index (χ1v) is 10.6. The summed E-state index contributed by atoms with van der Waals surface area (Å²) >= 11 is 1.23. The van der Waals surface area contributed by atoms with Gasteiger partial charge in [0.1, 0.15) is 11.5 Å². The van der Waals surface area contributed by atoms with E-state index in [4.69, 9.17) is 9.47 Å². The molecule has 10 nitrogen and oxygen atoms in total. The van der Waals surface area contributed by atoms with E-state index < -0.39 is 10.2 Å². The zero-order valence-electron chi connectivity index (χ0n) is 18.0. The highest BCUT2D eigenvalue weighted by atomic mass is 32.2. The Kier molecular flexibility index (Phi) is 7.31. The van der Waals surface area contributed by atoms with Crippen LogP contribution < -0.4 is 14.8 Å². The number of carbonyl (C=O) groups excluding carboxylic acids is 1. The van der Waals surface area contributed by atoms with Crippen molar-refractivity contribution in [3.8, 4) is 11.5 Å². The predicted octanol–water partition coefficient (Wildman–Crippen LogP) is 3.99. The molecule has 1 aromatic heterocycles. The zero-order valence-corrected chi connectivity index (χ0v) is 18.8. The lowest BCUT2D eigenvalue weighted by molar-refractivity contribution is -0.384. The molecule has 3 aromatic rings. The van der Waals surface area contributed by atoms with Gasteiger partial charge in [-0.2, -0.15) is 0 Å². The average molecular weight is 458 g/mol. The van der Waals surface area contributed by atoms with Gasteiger partial charge in [-0.05, 0) is 32.0 Å². The number of benzene rings is 2. The van der Waals surface area contributed by atoms with E-state index in [1.165, 1.54) is 30.0 Å². The second-order valence-electron chi connectivity index (χ2n) is 6.90. The fraction of sp³-hybridized carbons (Fsp3) is 0.286. The van der Waals surface area contributed by atoms with E-state index in [2.05, 4.69) is 15.5 Å². The van der Waals surface area contributed by atoms with Crippen LogP contribution in [-0.2, 0) is 11.8 Å². The number of ether oxygens (including phenoxy) is 2. The number of nitrogens with one attached hydrogen (secondary N) is 1. The largest absolute Gasteiger partial charge is 0.497 e. The van der Waals surface area contributed by atoms with Gasteiger partial charge in [-0.15, -0.1) is 10.2 Å². The Morgan fingerprint density at radius 1 is 1.16 bits per heavy atom. The number of aromatic nitrogens is 3. The van der Waals surface area contributed by atoms with Crippen molar-refractivity contribution < 1.29 is 19.2 Å². The van der Waals surface area contributed by atoms with E-state index in [1.54, 1.807) is 37.8 Å². The molecule has 0 aliphatic rings. The summed E-state index contributed by atoms with van der Waals surface area (Å²) in [6, 6.07) is 13.1. The summed E-state index contributed by atoms with van der Waals surface area (Å²) in [6.07, 6.45) is -0.386. The van der Waals surface area contributed by atoms with E-state index in [9.17, 15) is 14.9 Å². The van der Waals surface area contributed by atoms with Gasteiger partial charge in [0.15, 0.2) is 17.1 Å². The minimum absolute atomic E-state index is 0.0916. The first kappa shape index (κ1) is 23.1. The molecule has 32 heavy (non-hydrogen) atoms. The Hall–Kier alpha value is -3.60. The van der Waals surface area contributed by atoms with Gasteiger partial charge in [0.2, 0.25) is 5.91 Å². The Balaban J connectivity index is 1.64. The number of carbonyl (C=O) groups is 1. The smallest absolute Gasteiger partial charge is 0.271 e. The van der Waals surface area contributed by atoms with Crippen molar-refractivity contribution in [2.75, 3.05) is 12.4 Å². The van der Waals surface area contributed by atoms with Gasteiger partial charge in [0.05, 0.1) is 17.3 Å². The highest BCUT2D eigenvalue weighted by molar-refractivity contribution is 8.00. The number of non-ortho nitro benzene ring substituents is 1. The van der Waals surface area contributed by atoms with E-state index >= 15 is 0 Å². The quantitative estimate of drug-likeness (QED) is 0.291. The molecule has 0 fully saturated rings. The van der Waals surface area contributed by atoms with Gasteiger partial charge in [-0.3, -0.25) is 14.9 Å². The van der Waals surface area contributed by atoms with Crippen molar-refractivity contribution in [3.05, 3.63) is 64.5 Å². The lowest BCUT2D eigenvalue weighted by Gasteiger charge is -2.15. The van der Waals surface area contributed by atoms with Crippen LogP contribution in [0, 0.1) is 10.1 Å². The summed E-state index contributed by atoms with van der Waals surface area (Å²) < 4.78 is 12.9. The predicted molar refractivity (Wildman–Crippen MR) is 120 cm³/mol. The Bertz CT molecular complexity index is 1120. The number of anilines is 1. The van der Waals surface area contributed by atoms with Crippen molar-refractivity contribution in [2.45, 2.75) is 30.4 Å². The summed E-state index contributed by atoms with van der Waals surface area (Å²) in [5.74, 6) is 1.62. The third-order valence-electron chi connectivity index (χ3n) is 4.56. The summed E-state index contributed by atoms with van der Waals surface area (Å²) in [5.41, 5.74) is 0.265. The minimum Gasteiger partial charge on any atom is -0.497 e. The van der Waals surface area contributed by atoms with Gasteiger partial charge in [-0.25, -0.2) is 0 Å². The lowest BCUT2D eigenvalue weighted by Crippen LogP contribution is -2.23. The summed E-state index contributed by atoms with van der Waals surface area (Å²) in [6.45, 7) is 3.58. The summed E-state index contributed by atoms with van der Waals surface area (Å²) in [7, 11) is 3.39. The maximum Gasteiger partial charge on any atom is 0.271 e. The van der Waals surface area contributed by atoms with Gasteiger partial charge in [0.25, 0.3) is 5.69 Å². The number of rotatable bonds is 9. The first-order valence-electron chi connectivity index (χ1n) is 9.70. The van der Waals surface area contributed by atoms with Crippen LogP contribution >= 0.6 is 11.8 Å². The summed E-state index contributed by atoms with van der Waals surface area (Å²) in [4.78, 5) is 23.0. The zero-order chi connectivity index (χ0) is 23.3. The van der Waals surface area contributed by atoms with Gasteiger partial charge in [-0.1, -0.05) is 23.9 Å². The molecule has 2 unspecified atom stereocenters. The van der Waals surface area contributed by atoms with Crippen molar-refractivity contribution in [1.29, 1.82) is 0 Å². The van der Waals surface area contributed by atoms with Crippen LogP contribution in [0.2, 0.25) is 0 Å². The molecule has 1 heterocycles. The van der Waals surface area contributed by atoms with E-state index in [1.807, 2.05) is 25.1 Å². The molecule has 3 rings (SSSR count). The molecule has 0 saturated heterocycles. The van der Waals surface area contributed by atoms with E-state index in [-0.39, 0.29) is 17.7 Å². The van der Waals surface area contributed by atoms with Crippen LogP contribution in [0.3, 0.4) is 0 Å². The maximum atomic E-state index is 12.6. The molecule has 2 aromatic carbocycles. The first-order chi connectivity index (χ1) is 15.3. The molecule has 168 valence electrons. The molecule has 0 aliphatic carbocycles. The molecule has 1 N–H and O–H groups in total. The fourth-order valence-corrected chi connectivity index (χ4v) is 3.69. The van der Waals surface area contributed by atoms with Gasteiger partial charge >= 0.3 is 0 Å². The van der Waals surface area contributed by atoms with Gasteiger partial charge in [0, 0.05) is 30.9 Å². The number of thioether (sulfide) groups is 1. The molecule has 0 aliphatic heterocycles. The number of hydrogen-bond donors (Lipinski definition) is 1. The Morgan fingerprint density at radius 3 is 2.59 bits per heavy atom. The van der Waals surface area contributed by atoms with Crippen molar-refractivity contribution in [1.82, 2.24) is 14.8 Å².